The van der Waals surface area contributed by atoms with Crippen molar-refractivity contribution in [2.75, 3.05) is 5.32 Å². The maximum atomic E-state index is 12.9. The highest BCUT2D eigenvalue weighted by molar-refractivity contribution is 6.30. The lowest BCUT2D eigenvalue weighted by molar-refractivity contribution is -0.138. The highest BCUT2D eigenvalue weighted by Gasteiger charge is 2.32. The average molecular weight is 316 g/mol. The maximum Gasteiger partial charge on any atom is 0.416 e. The summed E-state index contributed by atoms with van der Waals surface area (Å²) in [5.74, 6) is 0.425. The van der Waals surface area contributed by atoms with E-state index < -0.39 is 11.7 Å². The molecule has 1 N–H and O–H groups in total. The lowest BCUT2D eigenvalue weighted by Gasteiger charge is -2.14. The van der Waals surface area contributed by atoms with Gasteiger partial charge in [0.25, 0.3) is 0 Å². The summed E-state index contributed by atoms with van der Waals surface area (Å²) in [6, 6.07) is 5.42. The van der Waals surface area contributed by atoms with E-state index in [0.29, 0.717) is 5.82 Å². The predicted molar refractivity (Wildman–Crippen MR) is 75.3 cm³/mol. The molecule has 112 valence electrons. The van der Waals surface area contributed by atoms with Crippen LogP contribution in [0.15, 0.2) is 24.3 Å². The van der Waals surface area contributed by atoms with Crippen LogP contribution in [0.3, 0.4) is 0 Å². The van der Waals surface area contributed by atoms with Crippen LogP contribution in [-0.4, -0.2) is 10.2 Å². The molecule has 2 rings (SSSR count). The highest BCUT2D eigenvalue weighted by Crippen LogP contribution is 2.32. The molecule has 7 heteroatoms. The van der Waals surface area contributed by atoms with Crippen LogP contribution in [0, 0.1) is 13.8 Å². The van der Waals surface area contributed by atoms with Gasteiger partial charge in [-0.2, -0.15) is 13.2 Å². The third-order valence-electron chi connectivity index (χ3n) is 3.23. The quantitative estimate of drug-likeness (QED) is 0.913. The van der Waals surface area contributed by atoms with Gasteiger partial charge in [0.1, 0.15) is 0 Å². The summed E-state index contributed by atoms with van der Waals surface area (Å²) < 4.78 is 38.7. The average Bonchev–Trinajstić information content (AvgIpc) is 2.43. The number of anilines is 1. The summed E-state index contributed by atoms with van der Waals surface area (Å²) in [4.78, 5) is 0. The third-order valence-corrected chi connectivity index (χ3v) is 3.59. The minimum absolute atomic E-state index is 0.00623. The maximum absolute atomic E-state index is 12.9. The van der Waals surface area contributed by atoms with E-state index in [-0.39, 0.29) is 17.3 Å². The van der Waals surface area contributed by atoms with Crippen molar-refractivity contribution in [1.29, 1.82) is 0 Å². The Hall–Kier alpha value is -1.82. The van der Waals surface area contributed by atoms with Crippen molar-refractivity contribution in [3.05, 3.63) is 51.7 Å². The van der Waals surface area contributed by atoms with Crippen LogP contribution in [0.5, 0.6) is 0 Å². The van der Waals surface area contributed by atoms with E-state index in [0.717, 1.165) is 17.2 Å². The molecule has 0 saturated carbocycles. The van der Waals surface area contributed by atoms with Gasteiger partial charge < -0.3 is 5.32 Å². The smallest absolute Gasteiger partial charge is 0.364 e. The minimum Gasteiger partial charge on any atom is -0.364 e. The second kappa shape index (κ2) is 5.89. The second-order valence-corrected chi connectivity index (χ2v) is 4.96. The van der Waals surface area contributed by atoms with Crippen molar-refractivity contribution in [2.45, 2.75) is 26.6 Å². The molecular weight excluding hydrogens is 303 g/mol. The number of hydrogen-bond donors (Lipinski definition) is 1. The van der Waals surface area contributed by atoms with Gasteiger partial charge in [-0.1, -0.05) is 29.8 Å². The van der Waals surface area contributed by atoms with Gasteiger partial charge in [0, 0.05) is 6.54 Å². The Morgan fingerprint density at radius 1 is 1.10 bits per heavy atom. The van der Waals surface area contributed by atoms with Crippen molar-refractivity contribution in [1.82, 2.24) is 10.2 Å². The van der Waals surface area contributed by atoms with Gasteiger partial charge >= 0.3 is 6.18 Å². The largest absolute Gasteiger partial charge is 0.416 e. The van der Waals surface area contributed by atoms with Gasteiger partial charge in [-0.05, 0) is 36.6 Å². The molecule has 0 spiro atoms. The molecule has 0 unspecified atom stereocenters. The first-order valence-corrected chi connectivity index (χ1v) is 6.57. The van der Waals surface area contributed by atoms with E-state index in [1.165, 1.54) is 12.1 Å². The summed E-state index contributed by atoms with van der Waals surface area (Å²) in [5, 5.41) is 10.8. The number of rotatable bonds is 3. The van der Waals surface area contributed by atoms with E-state index in [1.807, 2.05) is 0 Å². The van der Waals surface area contributed by atoms with Gasteiger partial charge in [-0.3, -0.25) is 0 Å². The van der Waals surface area contributed by atoms with Crippen molar-refractivity contribution >= 4 is 17.4 Å². The third kappa shape index (κ3) is 3.44. The zero-order chi connectivity index (χ0) is 15.6. The van der Waals surface area contributed by atoms with E-state index in [2.05, 4.69) is 15.5 Å². The molecular formula is C14H13ClF3N3. The first kappa shape index (κ1) is 15.6. The summed E-state index contributed by atoms with van der Waals surface area (Å²) >= 11 is 5.84. The SMILES string of the molecule is Cc1c(Cl)nnc(NCc2ccccc2C(F)(F)F)c1C. The van der Waals surface area contributed by atoms with Crippen molar-refractivity contribution < 1.29 is 13.2 Å². The Morgan fingerprint density at radius 3 is 2.43 bits per heavy atom. The molecule has 1 aromatic heterocycles. The molecule has 21 heavy (non-hydrogen) atoms. The van der Waals surface area contributed by atoms with Crippen LogP contribution in [0.25, 0.3) is 0 Å². The molecule has 0 aliphatic rings. The Balaban J connectivity index is 2.24. The normalized spacial score (nSPS) is 11.5. The molecule has 0 amide bonds. The number of halogens is 4. The minimum atomic E-state index is -4.38. The molecule has 0 radical (unpaired) electrons. The summed E-state index contributed by atoms with van der Waals surface area (Å²) in [6.45, 7) is 3.57. The summed E-state index contributed by atoms with van der Waals surface area (Å²) in [6.07, 6.45) is -4.38. The molecule has 1 aromatic carbocycles. The summed E-state index contributed by atoms with van der Waals surface area (Å²) in [7, 11) is 0. The van der Waals surface area contributed by atoms with Crippen molar-refractivity contribution in [3.8, 4) is 0 Å². The van der Waals surface area contributed by atoms with Crippen molar-refractivity contribution in [2.24, 2.45) is 0 Å². The Bertz CT molecular complexity index is 656. The number of alkyl halides is 3. The molecule has 3 nitrogen and oxygen atoms in total. The monoisotopic (exact) mass is 315 g/mol. The number of aromatic nitrogens is 2. The Kier molecular flexibility index (Phi) is 4.37. The van der Waals surface area contributed by atoms with E-state index in [9.17, 15) is 13.2 Å². The Morgan fingerprint density at radius 2 is 1.76 bits per heavy atom. The van der Waals surface area contributed by atoms with Gasteiger partial charge in [-0.15, -0.1) is 10.2 Å². The number of hydrogen-bond acceptors (Lipinski definition) is 3. The van der Waals surface area contributed by atoms with Gasteiger partial charge in [0.15, 0.2) is 11.0 Å². The molecule has 0 aliphatic heterocycles. The highest BCUT2D eigenvalue weighted by atomic mass is 35.5. The molecule has 2 aromatic rings. The molecule has 0 bridgehead atoms. The standard InChI is InChI=1S/C14H13ClF3N3/c1-8-9(2)13(21-20-12(8)15)19-7-10-5-3-4-6-11(10)14(16,17)18/h3-6H,7H2,1-2H3,(H,19,21). The molecule has 0 saturated heterocycles. The predicted octanol–water partition coefficient (Wildman–Crippen LogP) is 4.38. The van der Waals surface area contributed by atoms with Crippen LogP contribution in [0.4, 0.5) is 19.0 Å². The topological polar surface area (TPSA) is 37.8 Å². The van der Waals surface area contributed by atoms with Crippen LogP contribution >= 0.6 is 11.6 Å². The second-order valence-electron chi connectivity index (χ2n) is 4.60. The van der Waals surface area contributed by atoms with E-state index in [4.69, 9.17) is 11.6 Å². The molecule has 0 fully saturated rings. The molecule has 0 aliphatic carbocycles. The lowest BCUT2D eigenvalue weighted by Crippen LogP contribution is -2.13. The Labute approximate surface area is 125 Å². The van der Waals surface area contributed by atoms with Crippen LogP contribution in [0.2, 0.25) is 5.15 Å². The zero-order valence-corrected chi connectivity index (χ0v) is 12.2. The fourth-order valence-electron chi connectivity index (χ4n) is 1.87. The molecule has 0 atom stereocenters. The fourth-order valence-corrected chi connectivity index (χ4v) is 2.05. The molecule has 1 heterocycles. The van der Waals surface area contributed by atoms with Crippen LogP contribution < -0.4 is 5.32 Å². The lowest BCUT2D eigenvalue weighted by atomic mass is 10.1. The van der Waals surface area contributed by atoms with Crippen molar-refractivity contribution in [3.63, 3.8) is 0 Å². The first-order chi connectivity index (χ1) is 9.80. The van der Waals surface area contributed by atoms with E-state index in [1.54, 1.807) is 19.9 Å². The van der Waals surface area contributed by atoms with Gasteiger partial charge in [0.2, 0.25) is 0 Å². The number of nitrogens with one attached hydrogen (secondary N) is 1. The van der Waals surface area contributed by atoms with Gasteiger partial charge in [-0.25, -0.2) is 0 Å². The van der Waals surface area contributed by atoms with E-state index >= 15 is 0 Å². The number of benzene rings is 1. The van der Waals surface area contributed by atoms with Crippen LogP contribution in [-0.2, 0) is 12.7 Å². The van der Waals surface area contributed by atoms with Gasteiger partial charge in [0.05, 0.1) is 5.56 Å². The first-order valence-electron chi connectivity index (χ1n) is 6.19. The van der Waals surface area contributed by atoms with Crippen LogP contribution in [0.1, 0.15) is 22.3 Å². The zero-order valence-electron chi connectivity index (χ0n) is 11.4. The fraction of sp³-hybridized carbons (Fsp3) is 0.286. The summed E-state index contributed by atoms with van der Waals surface area (Å²) in [5.41, 5.74) is 1.00. The number of nitrogens with zero attached hydrogens (tertiary/aromatic N) is 2.